The number of H-pyrrole nitrogens is 1. The van der Waals surface area contributed by atoms with E-state index in [4.69, 9.17) is 0 Å². The summed E-state index contributed by atoms with van der Waals surface area (Å²) in [5.41, 5.74) is 5.58. The topological polar surface area (TPSA) is 117 Å². The molecule has 0 unspecified atom stereocenters. The monoisotopic (exact) mass is 495 g/mol. The summed E-state index contributed by atoms with van der Waals surface area (Å²) in [6.45, 7) is 9.83. The number of fused-ring (bicyclic) bond motifs is 2. The maximum atomic E-state index is 13.1. The number of rotatable bonds is 5. The first-order valence-corrected chi connectivity index (χ1v) is 12.5. The number of nitrogens with one attached hydrogen (secondary N) is 3. The van der Waals surface area contributed by atoms with Crippen LogP contribution in [0.4, 0.5) is 11.5 Å². The van der Waals surface area contributed by atoms with Crippen molar-refractivity contribution < 1.29 is 4.79 Å². The van der Waals surface area contributed by atoms with Crippen molar-refractivity contribution in [2.75, 3.05) is 36.4 Å². The van der Waals surface area contributed by atoms with Crippen molar-refractivity contribution >= 4 is 39.6 Å². The van der Waals surface area contributed by atoms with Gasteiger partial charge in [0.25, 0.3) is 5.91 Å². The van der Waals surface area contributed by atoms with E-state index in [-0.39, 0.29) is 11.9 Å². The number of hydrogen-bond donors (Lipinski definition) is 3. The first-order chi connectivity index (χ1) is 18.0. The van der Waals surface area contributed by atoms with Crippen LogP contribution < -0.4 is 15.5 Å². The van der Waals surface area contributed by atoms with Crippen molar-refractivity contribution in [1.82, 2.24) is 34.8 Å². The summed E-state index contributed by atoms with van der Waals surface area (Å²) in [5.74, 6) is 1.56. The lowest BCUT2D eigenvalue weighted by Gasteiger charge is -2.28. The summed E-state index contributed by atoms with van der Waals surface area (Å²) in [6, 6.07) is 7.91. The van der Waals surface area contributed by atoms with Gasteiger partial charge in [0.05, 0.1) is 17.4 Å². The average Bonchev–Trinajstić information content (AvgIpc) is 3.48. The minimum absolute atomic E-state index is 0.198. The third kappa shape index (κ3) is 4.29. The summed E-state index contributed by atoms with van der Waals surface area (Å²) in [5, 5.41) is 7.24. The third-order valence-electron chi connectivity index (χ3n) is 6.79. The molecule has 0 aromatic carbocycles. The lowest BCUT2D eigenvalue weighted by molar-refractivity contribution is 0.102. The van der Waals surface area contributed by atoms with Gasteiger partial charge in [0.2, 0.25) is 0 Å². The second-order valence-corrected chi connectivity index (χ2v) is 9.61. The largest absolute Gasteiger partial charge is 0.354 e. The zero-order valence-corrected chi connectivity index (χ0v) is 21.1. The highest BCUT2D eigenvalue weighted by Gasteiger charge is 2.17. The van der Waals surface area contributed by atoms with Crippen LogP contribution in [0.3, 0.4) is 0 Å². The Labute approximate surface area is 214 Å². The number of carbonyl (C=O) groups is 1. The molecular weight excluding hydrogens is 466 g/mol. The van der Waals surface area contributed by atoms with E-state index in [1.807, 2.05) is 31.5 Å². The van der Waals surface area contributed by atoms with Gasteiger partial charge in [-0.25, -0.2) is 19.9 Å². The van der Waals surface area contributed by atoms with Gasteiger partial charge in [-0.2, -0.15) is 0 Å². The minimum Gasteiger partial charge on any atom is -0.354 e. The van der Waals surface area contributed by atoms with Crippen LogP contribution in [0.5, 0.6) is 0 Å². The molecule has 1 saturated heterocycles. The molecule has 6 rings (SSSR count). The highest BCUT2D eigenvalue weighted by molar-refractivity contribution is 6.06. The van der Waals surface area contributed by atoms with Crippen LogP contribution in [0.25, 0.3) is 33.3 Å². The predicted molar refractivity (Wildman–Crippen MR) is 145 cm³/mol. The van der Waals surface area contributed by atoms with E-state index in [0.717, 1.165) is 71.1 Å². The molecule has 188 valence electrons. The van der Waals surface area contributed by atoms with E-state index in [2.05, 4.69) is 64.9 Å². The van der Waals surface area contributed by atoms with Crippen molar-refractivity contribution in [2.24, 2.45) is 0 Å². The standard InChI is InChI=1S/C27H29N9O/c1-16(2)36-17(3)33-26-23(36)10-19(13-30-26)22-15-32-25-21(22)12-20(14-31-25)34-27(37)18-4-5-29-24(11-18)35-8-6-28-7-9-35/h4-5,10-16,28H,6-9H2,1-3H3,(H,31,32)(H,34,37). The summed E-state index contributed by atoms with van der Waals surface area (Å²) in [7, 11) is 0. The van der Waals surface area contributed by atoms with Gasteiger partial charge in [0, 0.05) is 72.9 Å². The first-order valence-electron chi connectivity index (χ1n) is 12.5. The molecule has 0 spiro atoms. The van der Waals surface area contributed by atoms with Crippen molar-refractivity contribution in [3.05, 3.63) is 60.4 Å². The molecule has 0 bridgehead atoms. The van der Waals surface area contributed by atoms with Crippen molar-refractivity contribution in [3.63, 3.8) is 0 Å². The molecule has 1 aliphatic heterocycles. The number of aromatic amines is 1. The Morgan fingerprint density at radius 2 is 1.92 bits per heavy atom. The number of aromatic nitrogens is 6. The van der Waals surface area contributed by atoms with Crippen LogP contribution >= 0.6 is 0 Å². The normalized spacial score (nSPS) is 14.1. The van der Waals surface area contributed by atoms with E-state index < -0.39 is 0 Å². The van der Waals surface area contributed by atoms with Gasteiger partial charge < -0.3 is 25.1 Å². The molecule has 0 radical (unpaired) electrons. The second kappa shape index (κ2) is 9.29. The molecule has 1 aliphatic rings. The number of piperazine rings is 1. The van der Waals surface area contributed by atoms with E-state index in [0.29, 0.717) is 11.3 Å². The van der Waals surface area contributed by atoms with Crippen LogP contribution in [0.1, 0.15) is 36.1 Å². The maximum Gasteiger partial charge on any atom is 0.255 e. The van der Waals surface area contributed by atoms with Crippen LogP contribution in [-0.4, -0.2) is 61.6 Å². The van der Waals surface area contributed by atoms with Crippen LogP contribution in [0.15, 0.2) is 49.1 Å². The maximum absolute atomic E-state index is 13.1. The van der Waals surface area contributed by atoms with Gasteiger partial charge in [-0.05, 0) is 45.0 Å². The number of imidazole rings is 1. The molecular formula is C27H29N9O. The Kier molecular flexibility index (Phi) is 5.80. The van der Waals surface area contributed by atoms with Crippen LogP contribution in [0, 0.1) is 6.92 Å². The summed E-state index contributed by atoms with van der Waals surface area (Å²) >= 11 is 0. The van der Waals surface area contributed by atoms with Gasteiger partial charge in [0.15, 0.2) is 5.65 Å². The predicted octanol–water partition coefficient (Wildman–Crippen LogP) is 3.92. The summed E-state index contributed by atoms with van der Waals surface area (Å²) in [6.07, 6.45) is 7.11. The van der Waals surface area contributed by atoms with Gasteiger partial charge in [-0.15, -0.1) is 0 Å². The molecule has 6 heterocycles. The summed E-state index contributed by atoms with van der Waals surface area (Å²) < 4.78 is 2.19. The number of anilines is 2. The Morgan fingerprint density at radius 1 is 1.08 bits per heavy atom. The van der Waals surface area contributed by atoms with Crippen LogP contribution in [0.2, 0.25) is 0 Å². The zero-order chi connectivity index (χ0) is 25.5. The molecule has 37 heavy (non-hydrogen) atoms. The van der Waals surface area contributed by atoms with E-state index in [9.17, 15) is 4.79 Å². The number of carbonyl (C=O) groups excluding carboxylic acids is 1. The number of amides is 1. The lowest BCUT2D eigenvalue weighted by Crippen LogP contribution is -2.43. The lowest BCUT2D eigenvalue weighted by atomic mass is 10.1. The quantitative estimate of drug-likeness (QED) is 0.338. The Morgan fingerprint density at radius 3 is 2.73 bits per heavy atom. The molecule has 10 heteroatoms. The minimum atomic E-state index is -0.198. The molecule has 0 aliphatic carbocycles. The second-order valence-electron chi connectivity index (χ2n) is 9.61. The first kappa shape index (κ1) is 23.1. The van der Waals surface area contributed by atoms with Gasteiger partial charge in [0.1, 0.15) is 17.3 Å². The molecule has 10 nitrogen and oxygen atoms in total. The fourth-order valence-corrected chi connectivity index (χ4v) is 5.03. The fourth-order valence-electron chi connectivity index (χ4n) is 5.03. The zero-order valence-electron chi connectivity index (χ0n) is 21.1. The van der Waals surface area contributed by atoms with Gasteiger partial charge in [-0.1, -0.05) is 0 Å². The molecule has 5 aromatic rings. The molecule has 1 fully saturated rings. The number of aryl methyl sites for hydroxylation is 1. The van der Waals surface area contributed by atoms with Crippen molar-refractivity contribution in [3.8, 4) is 11.1 Å². The molecule has 5 aromatic heterocycles. The van der Waals surface area contributed by atoms with Crippen molar-refractivity contribution in [1.29, 1.82) is 0 Å². The molecule has 3 N–H and O–H groups in total. The van der Waals surface area contributed by atoms with Gasteiger partial charge in [-0.3, -0.25) is 4.79 Å². The number of hydrogen-bond acceptors (Lipinski definition) is 7. The highest BCUT2D eigenvalue weighted by Crippen LogP contribution is 2.31. The summed E-state index contributed by atoms with van der Waals surface area (Å²) in [4.78, 5) is 36.8. The number of nitrogens with zero attached hydrogens (tertiary/aromatic N) is 6. The fraction of sp³-hybridized carbons (Fsp3) is 0.296. The smallest absolute Gasteiger partial charge is 0.255 e. The SMILES string of the molecule is Cc1nc2ncc(-c3c[nH]c4ncc(NC(=O)c5ccnc(N6CCNCC6)c5)cc34)cc2n1C(C)C. The van der Waals surface area contributed by atoms with Crippen LogP contribution in [-0.2, 0) is 0 Å². The molecule has 0 saturated carbocycles. The van der Waals surface area contributed by atoms with E-state index in [1.54, 1.807) is 18.5 Å². The Bertz CT molecular complexity index is 1610. The highest BCUT2D eigenvalue weighted by atomic mass is 16.1. The van der Waals surface area contributed by atoms with E-state index >= 15 is 0 Å². The average molecular weight is 496 g/mol. The Balaban J connectivity index is 1.30. The van der Waals surface area contributed by atoms with Gasteiger partial charge >= 0.3 is 0 Å². The van der Waals surface area contributed by atoms with E-state index in [1.165, 1.54) is 0 Å². The Hall–Kier alpha value is -4.31. The molecule has 0 atom stereocenters. The van der Waals surface area contributed by atoms with Crippen molar-refractivity contribution in [2.45, 2.75) is 26.8 Å². The third-order valence-corrected chi connectivity index (χ3v) is 6.79. The molecule has 1 amide bonds. The number of pyridine rings is 3.